The van der Waals surface area contributed by atoms with Gasteiger partial charge >= 0.3 is 6.18 Å². The first-order valence-corrected chi connectivity index (χ1v) is 11.2. The molecule has 0 aliphatic carbocycles. The lowest BCUT2D eigenvalue weighted by atomic mass is 10.0. The summed E-state index contributed by atoms with van der Waals surface area (Å²) in [6, 6.07) is 9.24. The fourth-order valence-corrected chi connectivity index (χ4v) is 5.23. The number of carbonyl (C=O) groups is 1. The summed E-state index contributed by atoms with van der Waals surface area (Å²) in [6.45, 7) is -0.388. The number of hydrogen-bond acceptors (Lipinski definition) is 5. The maximum atomic E-state index is 13.4. The molecule has 0 bridgehead atoms. The molecule has 1 aliphatic heterocycles. The molecule has 1 aliphatic rings. The number of nitrogens with one attached hydrogen (secondary N) is 1. The number of rotatable bonds is 4. The van der Waals surface area contributed by atoms with Crippen molar-refractivity contribution in [2.24, 2.45) is 0 Å². The second-order valence-electron chi connectivity index (χ2n) is 6.98. The number of amides is 1. The van der Waals surface area contributed by atoms with E-state index in [0.29, 0.717) is 0 Å². The molecule has 0 radical (unpaired) electrons. The van der Waals surface area contributed by atoms with Gasteiger partial charge in [0, 0.05) is 37.4 Å². The van der Waals surface area contributed by atoms with Gasteiger partial charge in [0.15, 0.2) is 0 Å². The molecule has 170 valence electrons. The molecule has 0 spiro atoms. The molecule has 1 N–H and O–H groups in total. The van der Waals surface area contributed by atoms with Gasteiger partial charge in [-0.1, -0.05) is 17.7 Å². The summed E-state index contributed by atoms with van der Waals surface area (Å²) in [6.07, 6.45) is -4.76. The molecule has 2 aromatic carbocycles. The van der Waals surface area contributed by atoms with Gasteiger partial charge in [-0.2, -0.15) is 22.7 Å². The Kier molecular flexibility index (Phi) is 6.69. The van der Waals surface area contributed by atoms with E-state index in [9.17, 15) is 26.4 Å². The molecule has 1 heterocycles. The van der Waals surface area contributed by atoms with Crippen molar-refractivity contribution in [1.29, 1.82) is 5.26 Å². The Balaban J connectivity index is 1.98. The monoisotopic (exact) mass is 486 g/mol. The smallest absolute Gasteiger partial charge is 0.357 e. The van der Waals surface area contributed by atoms with Gasteiger partial charge in [0.2, 0.25) is 15.9 Å². The SMILES string of the molecule is CNC(=O)C1CN(S(=O)(=O)c2cccc(Cl)c2)CCN1c1ccc(C#N)c(C(F)(F)F)c1. The number of anilines is 1. The molecule has 32 heavy (non-hydrogen) atoms. The van der Waals surface area contributed by atoms with Crippen LogP contribution in [0, 0.1) is 11.3 Å². The number of benzene rings is 2. The largest absolute Gasteiger partial charge is 0.417 e. The Morgan fingerprint density at radius 2 is 1.94 bits per heavy atom. The summed E-state index contributed by atoms with van der Waals surface area (Å²) in [5.74, 6) is -0.561. The summed E-state index contributed by atoms with van der Waals surface area (Å²) < 4.78 is 67.4. The number of hydrogen-bond donors (Lipinski definition) is 1. The molecular weight excluding hydrogens is 469 g/mol. The third kappa shape index (κ3) is 4.67. The van der Waals surface area contributed by atoms with E-state index in [1.807, 2.05) is 0 Å². The Labute approximate surface area is 188 Å². The highest BCUT2D eigenvalue weighted by Gasteiger charge is 2.39. The zero-order chi connectivity index (χ0) is 23.7. The molecule has 1 fully saturated rings. The first kappa shape index (κ1) is 23.8. The Hall–Kier alpha value is -2.81. The standard InChI is InChI=1S/C20H18ClF3N4O3S/c1-26-19(29)18-12-27(32(30,31)16-4-2-3-14(21)9-16)7-8-28(18)15-6-5-13(11-25)17(10-15)20(22,23)24/h2-6,9-10,18H,7-8,12H2,1H3,(H,26,29). The van der Waals surface area contributed by atoms with E-state index >= 15 is 0 Å². The molecule has 7 nitrogen and oxygen atoms in total. The second kappa shape index (κ2) is 8.97. The van der Waals surface area contributed by atoms with Gasteiger partial charge in [-0.15, -0.1) is 0 Å². The Morgan fingerprint density at radius 1 is 1.22 bits per heavy atom. The maximum absolute atomic E-state index is 13.4. The van der Waals surface area contributed by atoms with Crippen LogP contribution in [0.25, 0.3) is 0 Å². The molecule has 0 saturated carbocycles. The van der Waals surface area contributed by atoms with Crippen molar-refractivity contribution in [1.82, 2.24) is 9.62 Å². The zero-order valence-corrected chi connectivity index (χ0v) is 18.3. The van der Waals surface area contributed by atoms with Crippen LogP contribution in [0.1, 0.15) is 11.1 Å². The fourth-order valence-electron chi connectivity index (χ4n) is 3.50. The van der Waals surface area contributed by atoms with Crippen LogP contribution in [0.4, 0.5) is 18.9 Å². The van der Waals surface area contributed by atoms with Gasteiger partial charge in [-0.05, 0) is 36.4 Å². The Morgan fingerprint density at radius 3 is 2.53 bits per heavy atom. The predicted molar refractivity (Wildman–Crippen MR) is 112 cm³/mol. The van der Waals surface area contributed by atoms with E-state index in [1.165, 1.54) is 48.3 Å². The molecule has 2 aromatic rings. The van der Waals surface area contributed by atoms with Gasteiger partial charge in [0.25, 0.3) is 0 Å². The van der Waals surface area contributed by atoms with Crippen LogP contribution in [-0.4, -0.2) is 51.4 Å². The van der Waals surface area contributed by atoms with Crippen LogP contribution in [-0.2, 0) is 21.0 Å². The highest BCUT2D eigenvalue weighted by Crippen LogP contribution is 2.35. The van der Waals surface area contributed by atoms with E-state index in [-0.39, 0.29) is 35.2 Å². The van der Waals surface area contributed by atoms with Crippen molar-refractivity contribution in [3.63, 3.8) is 0 Å². The number of piperazine rings is 1. The number of halogens is 4. The molecule has 1 unspecified atom stereocenters. The van der Waals surface area contributed by atoms with E-state index < -0.39 is 39.3 Å². The van der Waals surface area contributed by atoms with Crippen LogP contribution >= 0.6 is 11.6 Å². The van der Waals surface area contributed by atoms with Gasteiger partial charge in [0.1, 0.15) is 6.04 Å². The van der Waals surface area contributed by atoms with Crippen molar-refractivity contribution in [2.45, 2.75) is 17.1 Å². The minimum atomic E-state index is -4.76. The summed E-state index contributed by atoms with van der Waals surface area (Å²) in [5, 5.41) is 11.7. The quantitative estimate of drug-likeness (QED) is 0.717. The summed E-state index contributed by atoms with van der Waals surface area (Å²) in [5.41, 5.74) is -1.60. The normalized spacial score (nSPS) is 17.6. The highest BCUT2D eigenvalue weighted by molar-refractivity contribution is 7.89. The van der Waals surface area contributed by atoms with Crippen LogP contribution in [0.2, 0.25) is 5.02 Å². The summed E-state index contributed by atoms with van der Waals surface area (Å²) in [4.78, 5) is 13.9. The molecule has 12 heteroatoms. The first-order chi connectivity index (χ1) is 15.0. The molecule has 1 atom stereocenters. The zero-order valence-electron chi connectivity index (χ0n) is 16.7. The van der Waals surface area contributed by atoms with Gasteiger partial charge in [0.05, 0.1) is 22.1 Å². The lowest BCUT2D eigenvalue weighted by Gasteiger charge is -2.41. The average Bonchev–Trinajstić information content (AvgIpc) is 2.77. The van der Waals surface area contributed by atoms with Crippen molar-refractivity contribution < 1.29 is 26.4 Å². The first-order valence-electron chi connectivity index (χ1n) is 9.34. The van der Waals surface area contributed by atoms with Crippen molar-refractivity contribution >= 4 is 33.2 Å². The molecule has 1 saturated heterocycles. The van der Waals surface area contributed by atoms with E-state index in [1.54, 1.807) is 0 Å². The summed E-state index contributed by atoms with van der Waals surface area (Å²) in [7, 11) is -2.64. The fraction of sp³-hybridized carbons (Fsp3) is 0.300. The maximum Gasteiger partial charge on any atom is 0.417 e. The van der Waals surface area contributed by atoms with Gasteiger partial charge < -0.3 is 10.2 Å². The van der Waals surface area contributed by atoms with Gasteiger partial charge in [-0.3, -0.25) is 4.79 Å². The number of likely N-dealkylation sites (N-methyl/N-ethyl adjacent to an activating group) is 1. The lowest BCUT2D eigenvalue weighted by molar-refractivity contribution is -0.137. The summed E-state index contributed by atoms with van der Waals surface area (Å²) >= 11 is 5.90. The number of carbonyl (C=O) groups excluding carboxylic acids is 1. The number of alkyl halides is 3. The topological polar surface area (TPSA) is 93.5 Å². The van der Waals surface area contributed by atoms with Crippen molar-refractivity contribution in [2.75, 3.05) is 31.6 Å². The minimum Gasteiger partial charge on any atom is -0.357 e. The molecule has 0 aromatic heterocycles. The van der Waals surface area contributed by atoms with Gasteiger partial charge in [-0.25, -0.2) is 8.42 Å². The van der Waals surface area contributed by atoms with Crippen molar-refractivity contribution in [3.8, 4) is 6.07 Å². The molecular formula is C20H18ClF3N4O3S. The van der Waals surface area contributed by atoms with E-state index in [0.717, 1.165) is 16.4 Å². The molecule has 3 rings (SSSR count). The van der Waals surface area contributed by atoms with Crippen LogP contribution < -0.4 is 10.2 Å². The van der Waals surface area contributed by atoms with E-state index in [4.69, 9.17) is 16.9 Å². The lowest BCUT2D eigenvalue weighted by Crippen LogP contribution is -2.60. The predicted octanol–water partition coefficient (Wildman–Crippen LogP) is 2.86. The van der Waals surface area contributed by atoms with Crippen LogP contribution in [0.15, 0.2) is 47.4 Å². The third-order valence-electron chi connectivity index (χ3n) is 5.09. The average molecular weight is 487 g/mol. The third-order valence-corrected chi connectivity index (χ3v) is 7.18. The Bertz CT molecular complexity index is 1180. The van der Waals surface area contributed by atoms with Crippen molar-refractivity contribution in [3.05, 3.63) is 58.6 Å². The number of nitrogens with zero attached hydrogens (tertiary/aromatic N) is 3. The minimum absolute atomic E-state index is 0.0406. The molecule has 1 amide bonds. The highest BCUT2D eigenvalue weighted by atomic mass is 35.5. The van der Waals surface area contributed by atoms with Crippen LogP contribution in [0.5, 0.6) is 0 Å². The van der Waals surface area contributed by atoms with E-state index in [2.05, 4.69) is 5.32 Å². The number of nitriles is 1. The number of sulfonamides is 1. The van der Waals surface area contributed by atoms with Crippen LogP contribution in [0.3, 0.4) is 0 Å². The second-order valence-corrected chi connectivity index (χ2v) is 9.36.